The number of amides is 1. The minimum atomic E-state index is -1.03. The monoisotopic (exact) mass is 425 g/mol. The minimum absolute atomic E-state index is 0.0764. The molecule has 1 saturated heterocycles. The van der Waals surface area contributed by atoms with Crippen molar-refractivity contribution in [2.45, 2.75) is 12.8 Å². The highest BCUT2D eigenvalue weighted by Crippen LogP contribution is 2.19. The first-order valence-corrected chi connectivity index (χ1v) is 9.56. The van der Waals surface area contributed by atoms with Crippen LogP contribution in [0, 0.1) is 23.5 Å². The topological polar surface area (TPSA) is 97.1 Å². The molecule has 1 amide bonds. The van der Waals surface area contributed by atoms with Crippen LogP contribution in [0.25, 0.3) is 11.0 Å². The van der Waals surface area contributed by atoms with E-state index in [-0.39, 0.29) is 18.3 Å². The Hall–Kier alpha value is -3.93. The SMILES string of the molecule is C=CC(=O)N1CCCC1.Nc1ncnc2[nH]c(C#CCOc3cccc(F)c3F)cc12. The van der Waals surface area contributed by atoms with Crippen LogP contribution in [0.2, 0.25) is 0 Å². The van der Waals surface area contributed by atoms with Crippen LogP contribution < -0.4 is 10.5 Å². The molecule has 1 aromatic carbocycles. The number of hydrogen-bond acceptors (Lipinski definition) is 5. The molecular formula is C22H21F2N5O2. The van der Waals surface area contributed by atoms with Crippen molar-refractivity contribution >= 4 is 22.8 Å². The third kappa shape index (κ3) is 5.57. The smallest absolute Gasteiger partial charge is 0.245 e. The largest absolute Gasteiger partial charge is 0.478 e. The molecule has 0 spiro atoms. The van der Waals surface area contributed by atoms with E-state index < -0.39 is 11.6 Å². The lowest BCUT2D eigenvalue weighted by molar-refractivity contribution is -0.124. The van der Waals surface area contributed by atoms with E-state index in [4.69, 9.17) is 10.5 Å². The summed E-state index contributed by atoms with van der Waals surface area (Å²) >= 11 is 0. The molecule has 3 N–H and O–H groups in total. The Labute approximate surface area is 177 Å². The molecule has 31 heavy (non-hydrogen) atoms. The van der Waals surface area contributed by atoms with Gasteiger partial charge in [-0.05, 0) is 43.0 Å². The summed E-state index contributed by atoms with van der Waals surface area (Å²) in [6, 6.07) is 5.42. The molecule has 3 heterocycles. The van der Waals surface area contributed by atoms with Crippen molar-refractivity contribution in [1.82, 2.24) is 19.9 Å². The second-order valence-electron chi connectivity index (χ2n) is 6.58. The number of nitrogens with zero attached hydrogens (tertiary/aromatic N) is 3. The Morgan fingerprint density at radius 1 is 1.32 bits per heavy atom. The van der Waals surface area contributed by atoms with Gasteiger partial charge in [-0.15, -0.1) is 0 Å². The second kappa shape index (κ2) is 10.2. The Bertz CT molecular complexity index is 1140. The molecule has 0 atom stereocenters. The summed E-state index contributed by atoms with van der Waals surface area (Å²) in [6.07, 6.45) is 5.03. The van der Waals surface area contributed by atoms with E-state index in [1.807, 2.05) is 4.90 Å². The van der Waals surface area contributed by atoms with E-state index >= 15 is 0 Å². The van der Waals surface area contributed by atoms with E-state index in [2.05, 4.69) is 33.4 Å². The van der Waals surface area contributed by atoms with Crippen LogP contribution in [-0.4, -0.2) is 45.5 Å². The standard InChI is InChI=1S/C15H10F2N4O.C7H11NO/c16-11-4-1-5-12(13(11)17)22-6-2-3-9-7-10-14(18)19-8-20-15(10)21-9;1-2-7(9)8-5-3-4-6-8/h1,4-5,7-8H,6H2,(H3,18,19,20,21);2H,1,3-6H2. The van der Waals surface area contributed by atoms with Crippen molar-refractivity contribution in [1.29, 1.82) is 0 Å². The first-order chi connectivity index (χ1) is 15.0. The average molecular weight is 425 g/mol. The van der Waals surface area contributed by atoms with Gasteiger partial charge in [0.05, 0.1) is 11.1 Å². The van der Waals surface area contributed by atoms with Crippen LogP contribution in [0.1, 0.15) is 18.5 Å². The number of likely N-dealkylation sites (tertiary alicyclic amines) is 1. The highest BCUT2D eigenvalue weighted by molar-refractivity contribution is 5.87. The number of nitrogens with two attached hydrogens (primary N) is 1. The molecule has 7 nitrogen and oxygen atoms in total. The maximum Gasteiger partial charge on any atom is 0.245 e. The number of aromatic nitrogens is 3. The molecule has 0 unspecified atom stereocenters. The molecule has 3 aromatic rings. The van der Waals surface area contributed by atoms with Gasteiger partial charge in [-0.25, -0.2) is 14.4 Å². The number of halogens is 2. The van der Waals surface area contributed by atoms with E-state index in [1.54, 1.807) is 6.07 Å². The average Bonchev–Trinajstić information content (AvgIpc) is 3.45. The number of hydrogen-bond donors (Lipinski definition) is 2. The Kier molecular flexibility index (Phi) is 7.17. The summed E-state index contributed by atoms with van der Waals surface area (Å²) in [5.41, 5.74) is 6.86. The number of nitrogens with one attached hydrogen (secondary N) is 1. The Morgan fingerprint density at radius 3 is 2.81 bits per heavy atom. The van der Waals surface area contributed by atoms with Gasteiger partial charge in [-0.1, -0.05) is 18.6 Å². The molecule has 0 bridgehead atoms. The van der Waals surface area contributed by atoms with E-state index in [1.165, 1.54) is 24.5 Å². The van der Waals surface area contributed by atoms with E-state index in [0.29, 0.717) is 22.5 Å². The van der Waals surface area contributed by atoms with Crippen LogP contribution in [0.15, 0.2) is 43.2 Å². The molecule has 1 aliphatic heterocycles. The predicted octanol–water partition coefficient (Wildman–Crippen LogP) is 3.04. The van der Waals surface area contributed by atoms with Gasteiger partial charge in [0.25, 0.3) is 0 Å². The lowest BCUT2D eigenvalue weighted by Gasteiger charge is -2.10. The fourth-order valence-corrected chi connectivity index (χ4v) is 2.93. The fraction of sp³-hybridized carbons (Fsp3) is 0.227. The maximum absolute atomic E-state index is 13.4. The van der Waals surface area contributed by atoms with Crippen LogP contribution in [0.5, 0.6) is 5.75 Å². The molecule has 4 rings (SSSR count). The van der Waals surface area contributed by atoms with Crippen molar-refractivity contribution in [3.05, 3.63) is 60.6 Å². The van der Waals surface area contributed by atoms with Gasteiger partial charge in [0.1, 0.15) is 24.4 Å². The number of fused-ring (bicyclic) bond motifs is 1. The van der Waals surface area contributed by atoms with Crippen LogP contribution >= 0.6 is 0 Å². The molecule has 0 aliphatic carbocycles. The summed E-state index contributed by atoms with van der Waals surface area (Å²) < 4.78 is 31.4. The molecule has 9 heteroatoms. The molecule has 0 saturated carbocycles. The lowest BCUT2D eigenvalue weighted by atomic mass is 10.3. The molecular weight excluding hydrogens is 404 g/mol. The Balaban J connectivity index is 0.000000254. The zero-order valence-corrected chi connectivity index (χ0v) is 16.7. The summed E-state index contributed by atoms with van der Waals surface area (Å²) in [6.45, 7) is 5.17. The van der Waals surface area contributed by atoms with Crippen molar-refractivity contribution in [3.63, 3.8) is 0 Å². The van der Waals surface area contributed by atoms with Crippen LogP contribution in [0.3, 0.4) is 0 Å². The summed E-state index contributed by atoms with van der Waals surface area (Å²) in [5.74, 6) is 3.75. The number of carbonyl (C=O) groups is 1. The van der Waals surface area contributed by atoms with Crippen LogP contribution in [0.4, 0.5) is 14.6 Å². The highest BCUT2D eigenvalue weighted by atomic mass is 19.2. The first-order valence-electron chi connectivity index (χ1n) is 9.56. The zero-order chi connectivity index (χ0) is 22.2. The van der Waals surface area contributed by atoms with Gasteiger partial charge in [-0.2, -0.15) is 4.39 Å². The number of carbonyl (C=O) groups excluding carboxylic acids is 1. The normalized spacial score (nSPS) is 12.5. The number of anilines is 1. The quantitative estimate of drug-likeness (QED) is 0.497. The van der Waals surface area contributed by atoms with Gasteiger partial charge in [0.15, 0.2) is 11.6 Å². The maximum atomic E-state index is 13.4. The first kappa shape index (κ1) is 21.8. The molecule has 160 valence electrons. The lowest BCUT2D eigenvalue weighted by Crippen LogP contribution is -2.25. The number of H-pyrrole nitrogens is 1. The predicted molar refractivity (Wildman–Crippen MR) is 113 cm³/mol. The molecule has 1 aliphatic rings. The third-order valence-corrected chi connectivity index (χ3v) is 4.49. The number of aromatic amines is 1. The number of nitrogen functional groups attached to an aromatic ring is 1. The van der Waals surface area contributed by atoms with E-state index in [0.717, 1.165) is 32.0 Å². The van der Waals surface area contributed by atoms with Crippen molar-refractivity contribution in [2.75, 3.05) is 25.4 Å². The fourth-order valence-electron chi connectivity index (χ4n) is 2.93. The molecule has 0 radical (unpaired) electrons. The van der Waals surface area contributed by atoms with Gasteiger partial charge < -0.3 is 20.4 Å². The summed E-state index contributed by atoms with van der Waals surface area (Å²) in [4.78, 5) is 23.5. The molecule has 1 fully saturated rings. The van der Waals surface area contributed by atoms with Gasteiger partial charge in [0, 0.05) is 13.1 Å². The van der Waals surface area contributed by atoms with Crippen molar-refractivity contribution in [3.8, 4) is 17.6 Å². The van der Waals surface area contributed by atoms with Crippen molar-refractivity contribution < 1.29 is 18.3 Å². The summed E-state index contributed by atoms with van der Waals surface area (Å²) in [5, 5.41) is 0.670. The highest BCUT2D eigenvalue weighted by Gasteiger charge is 2.14. The van der Waals surface area contributed by atoms with Gasteiger partial charge in [0.2, 0.25) is 11.7 Å². The number of ether oxygens (including phenoxy) is 1. The third-order valence-electron chi connectivity index (χ3n) is 4.49. The van der Waals surface area contributed by atoms with Gasteiger partial charge in [-0.3, -0.25) is 4.79 Å². The summed E-state index contributed by atoms with van der Waals surface area (Å²) in [7, 11) is 0. The van der Waals surface area contributed by atoms with Crippen molar-refractivity contribution in [2.24, 2.45) is 0 Å². The van der Waals surface area contributed by atoms with E-state index in [9.17, 15) is 13.6 Å². The second-order valence-corrected chi connectivity index (χ2v) is 6.58. The number of benzene rings is 1. The van der Waals surface area contributed by atoms with Crippen LogP contribution in [-0.2, 0) is 4.79 Å². The zero-order valence-electron chi connectivity index (χ0n) is 16.7. The number of rotatable bonds is 3. The Morgan fingerprint density at radius 2 is 2.10 bits per heavy atom. The molecule has 2 aromatic heterocycles. The van der Waals surface area contributed by atoms with Gasteiger partial charge >= 0.3 is 0 Å². The minimum Gasteiger partial charge on any atom is -0.478 e.